The lowest BCUT2D eigenvalue weighted by molar-refractivity contribution is -0.155. The maximum absolute atomic E-state index is 14.0. The Morgan fingerprint density at radius 1 is 1.29 bits per heavy atom. The molecule has 6 atom stereocenters. The summed E-state index contributed by atoms with van der Waals surface area (Å²) < 4.78 is 9.68. The quantitative estimate of drug-likeness (QED) is 0.444. The first-order chi connectivity index (χ1) is 16.2. The van der Waals surface area contributed by atoms with Crippen LogP contribution in [0.5, 0.6) is 0 Å². The molecule has 34 heavy (non-hydrogen) atoms. The van der Waals surface area contributed by atoms with Crippen molar-refractivity contribution in [1.29, 1.82) is 0 Å². The number of morpholine rings is 1. The molecule has 0 radical (unpaired) electrons. The number of carbonyl (C=O) groups is 3. The first kappa shape index (κ1) is 25.7. The minimum Gasteiger partial charge on any atom is -0.466 e. The highest BCUT2D eigenvalue weighted by Gasteiger charge is 2.78. The number of esters is 1. The monoisotopic (exact) mass is 497 g/mol. The Kier molecular flexibility index (Phi) is 7.53. The van der Waals surface area contributed by atoms with Crippen LogP contribution in [0.3, 0.4) is 0 Å². The maximum atomic E-state index is 14.0. The second kappa shape index (κ2) is 9.95. The van der Waals surface area contributed by atoms with Gasteiger partial charge in [0, 0.05) is 30.9 Å². The second-order valence-corrected chi connectivity index (χ2v) is 12.4. The smallest absolute Gasteiger partial charge is 0.311 e. The van der Waals surface area contributed by atoms with Gasteiger partial charge in [0.05, 0.1) is 49.1 Å². The Balaban J connectivity index is 1.62. The summed E-state index contributed by atoms with van der Waals surface area (Å²) in [6.45, 7) is 12.0. The number of aliphatic hydroxyl groups is 1. The second-order valence-electron chi connectivity index (χ2n) is 10.5. The summed E-state index contributed by atoms with van der Waals surface area (Å²) in [5.74, 6) is -1.97. The van der Waals surface area contributed by atoms with E-state index in [-0.39, 0.29) is 36.9 Å². The van der Waals surface area contributed by atoms with Crippen molar-refractivity contribution in [3.8, 4) is 0 Å². The fraction of sp³-hybridized carbons (Fsp3) is 0.875. The van der Waals surface area contributed by atoms with Crippen LogP contribution in [0, 0.1) is 17.8 Å². The molecule has 10 heteroatoms. The van der Waals surface area contributed by atoms with Crippen LogP contribution in [0.4, 0.5) is 0 Å². The minimum atomic E-state index is -0.722. The number of fused-ring (bicyclic) bond motifs is 1. The predicted molar refractivity (Wildman–Crippen MR) is 128 cm³/mol. The zero-order valence-corrected chi connectivity index (χ0v) is 21.6. The van der Waals surface area contributed by atoms with Gasteiger partial charge in [0.1, 0.15) is 6.04 Å². The molecule has 4 aliphatic heterocycles. The lowest BCUT2D eigenvalue weighted by Crippen LogP contribution is -2.58. The molecule has 4 heterocycles. The number of ether oxygens (including phenoxy) is 2. The number of aliphatic hydroxyl groups excluding tert-OH is 1. The molecule has 4 fully saturated rings. The Morgan fingerprint density at radius 2 is 2.00 bits per heavy atom. The molecule has 2 unspecified atom stereocenters. The molecular weight excluding hydrogens is 458 g/mol. The molecule has 0 aliphatic carbocycles. The van der Waals surface area contributed by atoms with Crippen molar-refractivity contribution in [1.82, 2.24) is 15.1 Å². The van der Waals surface area contributed by atoms with Crippen LogP contribution in [0.25, 0.3) is 0 Å². The van der Waals surface area contributed by atoms with E-state index in [1.807, 2.05) is 20.8 Å². The molecule has 0 aromatic rings. The average molecular weight is 498 g/mol. The van der Waals surface area contributed by atoms with E-state index in [1.54, 1.807) is 23.6 Å². The summed E-state index contributed by atoms with van der Waals surface area (Å²) in [5, 5.41) is 13.3. The molecule has 4 aliphatic rings. The van der Waals surface area contributed by atoms with E-state index in [4.69, 9.17) is 9.47 Å². The van der Waals surface area contributed by atoms with Gasteiger partial charge in [-0.1, -0.05) is 13.8 Å². The number of hydrogen-bond acceptors (Lipinski definition) is 8. The zero-order valence-electron chi connectivity index (χ0n) is 20.7. The average Bonchev–Trinajstić information content (AvgIpc) is 3.36. The highest BCUT2D eigenvalue weighted by molar-refractivity contribution is 8.02. The summed E-state index contributed by atoms with van der Waals surface area (Å²) in [5.41, 5.74) is 0. The molecule has 4 rings (SSSR count). The normalized spacial score (nSPS) is 36.1. The topological polar surface area (TPSA) is 108 Å². The molecule has 2 amide bonds. The first-order valence-electron chi connectivity index (χ1n) is 12.6. The molecular formula is C24H39N3O6S. The van der Waals surface area contributed by atoms with E-state index in [9.17, 15) is 19.5 Å². The molecule has 0 saturated carbocycles. The van der Waals surface area contributed by atoms with E-state index in [2.05, 4.69) is 10.2 Å². The van der Waals surface area contributed by atoms with Crippen LogP contribution in [-0.2, 0) is 23.9 Å². The third-order valence-corrected chi connectivity index (χ3v) is 10.1. The molecule has 4 saturated heterocycles. The van der Waals surface area contributed by atoms with Crippen molar-refractivity contribution in [3.05, 3.63) is 0 Å². The number of nitrogens with one attached hydrogen (secondary N) is 1. The van der Waals surface area contributed by atoms with Crippen LogP contribution in [-0.4, -0.2) is 107 Å². The Hall–Kier alpha value is -1.36. The number of hydrogen-bond donors (Lipinski definition) is 2. The number of thioether (sulfide) groups is 1. The van der Waals surface area contributed by atoms with Gasteiger partial charge in [0.25, 0.3) is 0 Å². The number of carbonyl (C=O) groups excluding carboxylic acids is 3. The van der Waals surface area contributed by atoms with Crippen LogP contribution < -0.4 is 5.32 Å². The highest BCUT2D eigenvalue weighted by Crippen LogP contribution is 2.71. The third-order valence-electron chi connectivity index (χ3n) is 8.15. The number of rotatable bonds is 9. The van der Waals surface area contributed by atoms with E-state index in [1.165, 1.54) is 0 Å². The summed E-state index contributed by atoms with van der Waals surface area (Å²) in [7, 11) is 0. The van der Waals surface area contributed by atoms with Gasteiger partial charge in [-0.25, -0.2) is 0 Å². The Morgan fingerprint density at radius 3 is 2.62 bits per heavy atom. The van der Waals surface area contributed by atoms with Gasteiger partial charge < -0.3 is 24.8 Å². The standard InChI is InChI=1S/C24H39N3O6S/c1-5-33-22(31)18-17-21(30)27(16(14-28)15(2)3)19(24(17)7-6-23(18,4)34-24)20(29)25-8-9-26-10-12-32-13-11-26/h15-19,28H,5-14H2,1-4H3,(H,25,29)/t16-,17-,18-,19?,23+,24?/m0/s1. The molecule has 1 spiro atoms. The zero-order chi connectivity index (χ0) is 24.7. The SMILES string of the molecule is CCOC(=O)[C@@H]1[C@H]2C(=O)N([C@@H](CO)C(C)C)C(C(=O)NCCN3CCOCC3)C23CC[C@@]1(C)S3. The molecule has 0 aromatic carbocycles. The van der Waals surface area contributed by atoms with Gasteiger partial charge in [0.15, 0.2) is 0 Å². The van der Waals surface area contributed by atoms with Crippen LogP contribution in [0.15, 0.2) is 0 Å². The van der Waals surface area contributed by atoms with Gasteiger partial charge in [-0.2, -0.15) is 0 Å². The van der Waals surface area contributed by atoms with Crippen LogP contribution >= 0.6 is 11.8 Å². The molecule has 2 N–H and O–H groups in total. The van der Waals surface area contributed by atoms with Gasteiger partial charge in [-0.05, 0) is 32.6 Å². The van der Waals surface area contributed by atoms with E-state index in [0.717, 1.165) is 26.1 Å². The number of amides is 2. The molecule has 192 valence electrons. The van der Waals surface area contributed by atoms with E-state index < -0.39 is 33.4 Å². The van der Waals surface area contributed by atoms with Gasteiger partial charge >= 0.3 is 5.97 Å². The number of nitrogens with zero attached hydrogens (tertiary/aromatic N) is 2. The summed E-state index contributed by atoms with van der Waals surface area (Å²) in [6, 6.07) is -1.21. The molecule has 2 bridgehead atoms. The fourth-order valence-corrected chi connectivity index (χ4v) is 8.82. The predicted octanol–water partition coefficient (Wildman–Crippen LogP) is 0.496. The first-order valence-corrected chi connectivity index (χ1v) is 13.4. The maximum Gasteiger partial charge on any atom is 0.311 e. The van der Waals surface area contributed by atoms with E-state index in [0.29, 0.717) is 26.2 Å². The van der Waals surface area contributed by atoms with Crippen molar-refractivity contribution < 1.29 is 29.0 Å². The molecule has 9 nitrogen and oxygen atoms in total. The summed E-state index contributed by atoms with van der Waals surface area (Å²) >= 11 is 1.63. The summed E-state index contributed by atoms with van der Waals surface area (Å²) in [4.78, 5) is 44.6. The van der Waals surface area contributed by atoms with Crippen molar-refractivity contribution in [3.63, 3.8) is 0 Å². The van der Waals surface area contributed by atoms with Gasteiger partial charge in [-0.15, -0.1) is 11.8 Å². The minimum absolute atomic E-state index is 0.0355. The van der Waals surface area contributed by atoms with Crippen molar-refractivity contribution in [2.75, 3.05) is 52.6 Å². The Bertz CT molecular complexity index is 806. The number of likely N-dealkylation sites (tertiary alicyclic amines) is 1. The molecule has 0 aromatic heterocycles. The van der Waals surface area contributed by atoms with E-state index >= 15 is 0 Å². The van der Waals surface area contributed by atoms with Gasteiger partial charge in [0.2, 0.25) is 11.8 Å². The van der Waals surface area contributed by atoms with Gasteiger partial charge in [-0.3, -0.25) is 19.3 Å². The van der Waals surface area contributed by atoms with Crippen LogP contribution in [0.1, 0.15) is 40.5 Å². The van der Waals surface area contributed by atoms with Crippen molar-refractivity contribution in [2.24, 2.45) is 17.8 Å². The van der Waals surface area contributed by atoms with Crippen molar-refractivity contribution in [2.45, 2.75) is 62.1 Å². The highest BCUT2D eigenvalue weighted by atomic mass is 32.2. The van der Waals surface area contributed by atoms with Crippen molar-refractivity contribution >= 4 is 29.5 Å². The fourth-order valence-electron chi connectivity index (χ4n) is 6.49. The lowest BCUT2D eigenvalue weighted by Gasteiger charge is -2.38. The van der Waals surface area contributed by atoms with Crippen LogP contribution in [0.2, 0.25) is 0 Å². The third kappa shape index (κ3) is 4.14. The largest absolute Gasteiger partial charge is 0.466 e. The lowest BCUT2D eigenvalue weighted by atomic mass is 9.66. The Labute approximate surface area is 206 Å². The summed E-state index contributed by atoms with van der Waals surface area (Å²) in [6.07, 6.45) is 1.44.